The highest BCUT2D eigenvalue weighted by Crippen LogP contribution is 2.27. The van der Waals surface area contributed by atoms with Gasteiger partial charge in [0.25, 0.3) is 0 Å². The zero-order valence-corrected chi connectivity index (χ0v) is 8.41. The van der Waals surface area contributed by atoms with Crippen LogP contribution in [0.2, 0.25) is 0 Å². The minimum absolute atomic E-state index is 0.243. The summed E-state index contributed by atoms with van der Waals surface area (Å²) >= 11 is 0. The van der Waals surface area contributed by atoms with Crippen molar-refractivity contribution in [2.45, 2.75) is 19.3 Å². The topological polar surface area (TPSA) is 26.3 Å². The zero-order valence-electron chi connectivity index (χ0n) is 8.41. The number of aldehydes is 1. The SMILES string of the molecule is O=Cc1ccc(OCC2CCC2)c(F)c1. The summed E-state index contributed by atoms with van der Waals surface area (Å²) in [4.78, 5) is 10.4. The monoisotopic (exact) mass is 208 g/mol. The molecule has 0 heterocycles. The van der Waals surface area contributed by atoms with Crippen LogP contribution in [0.3, 0.4) is 0 Å². The van der Waals surface area contributed by atoms with Gasteiger partial charge in [0.1, 0.15) is 6.29 Å². The van der Waals surface area contributed by atoms with Crippen molar-refractivity contribution in [3.63, 3.8) is 0 Å². The van der Waals surface area contributed by atoms with E-state index in [1.54, 1.807) is 6.07 Å². The Morgan fingerprint density at radius 1 is 1.47 bits per heavy atom. The summed E-state index contributed by atoms with van der Waals surface area (Å²) < 4.78 is 18.7. The first-order chi connectivity index (χ1) is 7.29. The Balaban J connectivity index is 1.97. The Morgan fingerprint density at radius 2 is 2.27 bits per heavy atom. The Morgan fingerprint density at radius 3 is 2.80 bits per heavy atom. The number of hydrogen-bond acceptors (Lipinski definition) is 2. The number of benzene rings is 1. The second-order valence-electron chi connectivity index (χ2n) is 3.92. The molecule has 0 aliphatic heterocycles. The molecule has 0 radical (unpaired) electrons. The summed E-state index contributed by atoms with van der Waals surface area (Å²) in [5, 5.41) is 0. The van der Waals surface area contributed by atoms with Crippen molar-refractivity contribution < 1.29 is 13.9 Å². The molecule has 0 spiro atoms. The van der Waals surface area contributed by atoms with Crippen molar-refractivity contribution in [2.75, 3.05) is 6.61 Å². The van der Waals surface area contributed by atoms with E-state index < -0.39 is 5.82 Å². The average molecular weight is 208 g/mol. The minimum atomic E-state index is -0.459. The summed E-state index contributed by atoms with van der Waals surface area (Å²) in [6, 6.07) is 4.27. The molecular formula is C12H13FO2. The molecule has 0 aromatic heterocycles. The molecule has 80 valence electrons. The van der Waals surface area contributed by atoms with Gasteiger partial charge in [-0.2, -0.15) is 0 Å². The fourth-order valence-electron chi connectivity index (χ4n) is 1.57. The Kier molecular flexibility index (Phi) is 2.99. The van der Waals surface area contributed by atoms with Crippen molar-refractivity contribution in [2.24, 2.45) is 5.92 Å². The molecule has 2 rings (SSSR count). The average Bonchev–Trinajstić information content (AvgIpc) is 2.18. The van der Waals surface area contributed by atoms with Crippen molar-refractivity contribution >= 4 is 6.29 Å². The molecule has 2 nitrogen and oxygen atoms in total. The zero-order chi connectivity index (χ0) is 10.7. The lowest BCUT2D eigenvalue weighted by molar-refractivity contribution is 0.112. The maximum atomic E-state index is 13.3. The summed E-state index contributed by atoms with van der Waals surface area (Å²) in [5.74, 6) is 0.363. The molecule has 0 unspecified atom stereocenters. The standard InChI is InChI=1S/C12H13FO2/c13-11-6-10(7-14)4-5-12(11)15-8-9-2-1-3-9/h4-7,9H,1-3,8H2. The number of hydrogen-bond donors (Lipinski definition) is 0. The summed E-state index contributed by atoms with van der Waals surface area (Å²) in [7, 11) is 0. The van der Waals surface area contributed by atoms with E-state index in [1.165, 1.54) is 31.4 Å². The molecule has 0 atom stereocenters. The first-order valence-electron chi connectivity index (χ1n) is 5.17. The number of carbonyl (C=O) groups excluding carboxylic acids is 1. The van der Waals surface area contributed by atoms with Crippen LogP contribution in [0, 0.1) is 11.7 Å². The fourth-order valence-corrected chi connectivity index (χ4v) is 1.57. The highest BCUT2D eigenvalue weighted by atomic mass is 19.1. The highest BCUT2D eigenvalue weighted by molar-refractivity contribution is 5.74. The first-order valence-corrected chi connectivity index (χ1v) is 5.17. The molecule has 1 aliphatic carbocycles. The van der Waals surface area contributed by atoms with Crippen molar-refractivity contribution in [1.82, 2.24) is 0 Å². The predicted molar refractivity (Wildman–Crippen MR) is 54.6 cm³/mol. The van der Waals surface area contributed by atoms with Crippen LogP contribution in [0.5, 0.6) is 5.75 Å². The van der Waals surface area contributed by atoms with Crippen molar-refractivity contribution in [3.05, 3.63) is 29.6 Å². The molecular weight excluding hydrogens is 195 g/mol. The third-order valence-electron chi connectivity index (χ3n) is 2.79. The van der Waals surface area contributed by atoms with Gasteiger partial charge in [-0.15, -0.1) is 0 Å². The van der Waals surface area contributed by atoms with Gasteiger partial charge in [0.05, 0.1) is 6.61 Å². The second-order valence-corrected chi connectivity index (χ2v) is 3.92. The van der Waals surface area contributed by atoms with E-state index in [1.807, 2.05) is 0 Å². The Bertz CT molecular complexity index is 359. The number of halogens is 1. The maximum absolute atomic E-state index is 13.3. The molecule has 1 aromatic carbocycles. The smallest absolute Gasteiger partial charge is 0.165 e. The van der Waals surface area contributed by atoms with Crippen molar-refractivity contribution in [3.8, 4) is 5.75 Å². The molecule has 3 heteroatoms. The van der Waals surface area contributed by atoms with Gasteiger partial charge >= 0.3 is 0 Å². The summed E-state index contributed by atoms with van der Waals surface area (Å²) in [5.41, 5.74) is 0.337. The van der Waals surface area contributed by atoms with Crippen LogP contribution in [0.4, 0.5) is 4.39 Å². The van der Waals surface area contributed by atoms with Crippen LogP contribution < -0.4 is 4.74 Å². The third kappa shape index (κ3) is 2.35. The molecule has 0 saturated heterocycles. The first kappa shape index (κ1) is 10.1. The number of rotatable bonds is 4. The van der Waals surface area contributed by atoms with Gasteiger partial charge in [0.2, 0.25) is 0 Å². The molecule has 1 fully saturated rings. The van der Waals surface area contributed by atoms with E-state index in [4.69, 9.17) is 4.74 Å². The molecule has 0 amide bonds. The lowest BCUT2D eigenvalue weighted by atomic mass is 9.86. The van der Waals surface area contributed by atoms with Gasteiger partial charge in [-0.05, 0) is 37.0 Å². The van der Waals surface area contributed by atoms with Gasteiger partial charge < -0.3 is 4.74 Å². The second kappa shape index (κ2) is 4.43. The Hall–Kier alpha value is -1.38. The highest BCUT2D eigenvalue weighted by Gasteiger charge is 2.18. The van der Waals surface area contributed by atoms with Crippen LogP contribution in [-0.4, -0.2) is 12.9 Å². The van der Waals surface area contributed by atoms with E-state index in [2.05, 4.69) is 0 Å². The van der Waals surface area contributed by atoms with Gasteiger partial charge in [0, 0.05) is 5.56 Å². The molecule has 0 N–H and O–H groups in total. The van der Waals surface area contributed by atoms with Crippen LogP contribution in [0.15, 0.2) is 18.2 Å². The van der Waals surface area contributed by atoms with E-state index >= 15 is 0 Å². The lowest BCUT2D eigenvalue weighted by Crippen LogP contribution is -2.19. The van der Waals surface area contributed by atoms with Gasteiger partial charge in [-0.3, -0.25) is 4.79 Å². The quantitative estimate of drug-likeness (QED) is 0.711. The molecule has 1 aromatic rings. The molecule has 0 bridgehead atoms. The van der Waals surface area contributed by atoms with Crippen LogP contribution in [-0.2, 0) is 0 Å². The number of ether oxygens (including phenoxy) is 1. The van der Waals surface area contributed by atoms with Gasteiger partial charge in [-0.25, -0.2) is 4.39 Å². The molecule has 1 saturated carbocycles. The Labute approximate surface area is 88.1 Å². The third-order valence-corrected chi connectivity index (χ3v) is 2.79. The lowest BCUT2D eigenvalue weighted by Gasteiger charge is -2.25. The van der Waals surface area contributed by atoms with Crippen LogP contribution >= 0.6 is 0 Å². The molecule has 15 heavy (non-hydrogen) atoms. The van der Waals surface area contributed by atoms with E-state index in [0.717, 1.165) is 0 Å². The summed E-state index contributed by atoms with van der Waals surface area (Å²) in [6.07, 6.45) is 4.22. The predicted octanol–water partition coefficient (Wildman–Crippen LogP) is 2.82. The van der Waals surface area contributed by atoms with E-state index in [-0.39, 0.29) is 5.75 Å². The maximum Gasteiger partial charge on any atom is 0.165 e. The summed E-state index contributed by atoms with van der Waals surface area (Å²) in [6.45, 7) is 0.581. The van der Waals surface area contributed by atoms with Crippen LogP contribution in [0.25, 0.3) is 0 Å². The molecule has 1 aliphatic rings. The van der Waals surface area contributed by atoms with E-state index in [9.17, 15) is 9.18 Å². The van der Waals surface area contributed by atoms with Crippen LogP contribution in [0.1, 0.15) is 29.6 Å². The van der Waals surface area contributed by atoms with E-state index in [0.29, 0.717) is 24.4 Å². The fraction of sp³-hybridized carbons (Fsp3) is 0.417. The van der Waals surface area contributed by atoms with Crippen molar-refractivity contribution in [1.29, 1.82) is 0 Å². The minimum Gasteiger partial charge on any atom is -0.490 e. The largest absolute Gasteiger partial charge is 0.490 e. The van der Waals surface area contributed by atoms with Gasteiger partial charge in [0.15, 0.2) is 11.6 Å². The number of carbonyl (C=O) groups is 1. The van der Waals surface area contributed by atoms with Gasteiger partial charge in [-0.1, -0.05) is 6.42 Å². The normalized spacial score (nSPS) is 15.8.